The highest BCUT2D eigenvalue weighted by Gasteiger charge is 2.24. The van der Waals surface area contributed by atoms with Crippen molar-refractivity contribution in [3.63, 3.8) is 0 Å². The second-order valence-corrected chi connectivity index (χ2v) is 3.65. The molecule has 0 bridgehead atoms. The molecule has 16 heavy (non-hydrogen) atoms. The Balaban J connectivity index is 2.11. The SMILES string of the molecule is O=C(Nc1c(F)cccc1F)C1CCOC1. The van der Waals surface area contributed by atoms with Crippen LogP contribution in [0.3, 0.4) is 0 Å². The van der Waals surface area contributed by atoms with Crippen LogP contribution in [0.1, 0.15) is 6.42 Å². The third-order valence-corrected chi connectivity index (χ3v) is 2.51. The molecule has 1 N–H and O–H groups in total. The molecule has 0 aliphatic carbocycles. The number of ether oxygens (including phenoxy) is 1. The van der Waals surface area contributed by atoms with Crippen LogP contribution in [0.15, 0.2) is 18.2 Å². The molecule has 5 heteroatoms. The molecule has 3 nitrogen and oxygen atoms in total. The first-order chi connectivity index (χ1) is 7.68. The normalized spacial score (nSPS) is 19.8. The zero-order valence-corrected chi connectivity index (χ0v) is 8.50. The zero-order valence-electron chi connectivity index (χ0n) is 8.50. The molecule has 1 amide bonds. The van der Waals surface area contributed by atoms with Crippen molar-refractivity contribution in [3.8, 4) is 0 Å². The number of carbonyl (C=O) groups is 1. The molecule has 1 saturated heterocycles. The maximum atomic E-state index is 13.2. The Morgan fingerprint density at radius 1 is 1.38 bits per heavy atom. The van der Waals surface area contributed by atoms with Gasteiger partial charge in [-0.15, -0.1) is 0 Å². The van der Waals surface area contributed by atoms with Crippen molar-refractivity contribution in [2.24, 2.45) is 5.92 Å². The highest BCUT2D eigenvalue weighted by atomic mass is 19.1. The zero-order chi connectivity index (χ0) is 11.5. The summed E-state index contributed by atoms with van der Waals surface area (Å²) < 4.78 is 31.5. The maximum absolute atomic E-state index is 13.2. The number of carbonyl (C=O) groups excluding carboxylic acids is 1. The van der Waals surface area contributed by atoms with Gasteiger partial charge in [-0.3, -0.25) is 4.79 Å². The third-order valence-electron chi connectivity index (χ3n) is 2.51. The molecule has 0 radical (unpaired) electrons. The molecular formula is C11H11F2NO2. The minimum absolute atomic E-state index is 0.307. The van der Waals surface area contributed by atoms with Crippen LogP contribution in [-0.2, 0) is 9.53 Å². The molecule has 1 aromatic carbocycles. The lowest BCUT2D eigenvalue weighted by molar-refractivity contribution is -0.119. The largest absolute Gasteiger partial charge is 0.381 e. The maximum Gasteiger partial charge on any atom is 0.230 e. The smallest absolute Gasteiger partial charge is 0.230 e. The van der Waals surface area contributed by atoms with E-state index in [4.69, 9.17) is 4.74 Å². The molecule has 1 heterocycles. The van der Waals surface area contributed by atoms with E-state index in [1.807, 2.05) is 0 Å². The molecule has 2 rings (SSSR count). The van der Waals surface area contributed by atoms with Crippen molar-refractivity contribution >= 4 is 11.6 Å². The first-order valence-corrected chi connectivity index (χ1v) is 5.01. The lowest BCUT2D eigenvalue weighted by Gasteiger charge is -2.10. The standard InChI is InChI=1S/C11H11F2NO2/c12-8-2-1-3-9(13)10(8)14-11(15)7-4-5-16-6-7/h1-3,7H,4-6H2,(H,14,15). The molecule has 86 valence electrons. The molecule has 0 aromatic heterocycles. The van der Waals surface area contributed by atoms with Crippen molar-refractivity contribution in [1.29, 1.82) is 0 Å². The number of hydrogen-bond acceptors (Lipinski definition) is 2. The summed E-state index contributed by atoms with van der Waals surface area (Å²) in [5.41, 5.74) is -0.389. The predicted octanol–water partition coefficient (Wildman–Crippen LogP) is 1.94. The van der Waals surface area contributed by atoms with Crippen LogP contribution in [-0.4, -0.2) is 19.1 Å². The van der Waals surface area contributed by atoms with E-state index in [-0.39, 0.29) is 11.6 Å². The molecule has 1 fully saturated rings. The molecule has 1 aliphatic rings. The van der Waals surface area contributed by atoms with E-state index in [9.17, 15) is 13.6 Å². The van der Waals surface area contributed by atoms with Crippen LogP contribution in [0.4, 0.5) is 14.5 Å². The summed E-state index contributed by atoms with van der Waals surface area (Å²) in [6.45, 7) is 0.819. The van der Waals surface area contributed by atoms with Gasteiger partial charge in [0.15, 0.2) is 0 Å². The van der Waals surface area contributed by atoms with E-state index < -0.39 is 17.5 Å². The summed E-state index contributed by atoms with van der Waals surface area (Å²) in [6.07, 6.45) is 0.585. The topological polar surface area (TPSA) is 38.3 Å². The molecule has 1 unspecified atom stereocenters. The van der Waals surface area contributed by atoms with Gasteiger partial charge in [0.25, 0.3) is 0 Å². The first-order valence-electron chi connectivity index (χ1n) is 5.01. The number of anilines is 1. The summed E-state index contributed by atoms with van der Waals surface area (Å²) in [6, 6.07) is 3.45. The molecule has 1 atom stereocenters. The van der Waals surface area contributed by atoms with Crippen LogP contribution in [0, 0.1) is 17.6 Å². The molecule has 1 aromatic rings. The second-order valence-electron chi connectivity index (χ2n) is 3.65. The van der Waals surface area contributed by atoms with Crippen LogP contribution in [0.5, 0.6) is 0 Å². The van der Waals surface area contributed by atoms with Crippen molar-refractivity contribution in [1.82, 2.24) is 0 Å². The van der Waals surface area contributed by atoms with Gasteiger partial charge >= 0.3 is 0 Å². The fraction of sp³-hybridized carbons (Fsp3) is 0.364. The highest BCUT2D eigenvalue weighted by Crippen LogP contribution is 2.20. The van der Waals surface area contributed by atoms with Crippen molar-refractivity contribution < 1.29 is 18.3 Å². The van der Waals surface area contributed by atoms with Gasteiger partial charge in [0, 0.05) is 6.61 Å². The summed E-state index contributed by atoms with van der Waals surface area (Å²) in [4.78, 5) is 11.6. The average molecular weight is 227 g/mol. The minimum atomic E-state index is -0.771. The fourth-order valence-corrected chi connectivity index (χ4v) is 1.58. The number of hydrogen-bond donors (Lipinski definition) is 1. The van der Waals surface area contributed by atoms with Gasteiger partial charge in [0.05, 0.1) is 12.5 Å². The molecule has 1 aliphatic heterocycles. The number of rotatable bonds is 2. The number of halogens is 2. The Morgan fingerprint density at radius 2 is 2.06 bits per heavy atom. The van der Waals surface area contributed by atoms with Crippen LogP contribution in [0.25, 0.3) is 0 Å². The summed E-state index contributed by atoms with van der Waals surface area (Å²) >= 11 is 0. The summed E-state index contributed by atoms with van der Waals surface area (Å²) in [5, 5.41) is 2.25. The molecule has 0 saturated carbocycles. The Labute approximate surface area is 91.4 Å². The Bertz CT molecular complexity index is 383. The van der Waals surface area contributed by atoms with E-state index in [0.717, 1.165) is 12.1 Å². The van der Waals surface area contributed by atoms with Crippen LogP contribution in [0.2, 0.25) is 0 Å². The fourth-order valence-electron chi connectivity index (χ4n) is 1.58. The van der Waals surface area contributed by atoms with Gasteiger partial charge in [-0.2, -0.15) is 0 Å². The van der Waals surface area contributed by atoms with Crippen LogP contribution < -0.4 is 5.32 Å². The Morgan fingerprint density at radius 3 is 2.62 bits per heavy atom. The Hall–Kier alpha value is -1.49. The lowest BCUT2D eigenvalue weighted by atomic mass is 10.1. The lowest BCUT2D eigenvalue weighted by Crippen LogP contribution is -2.24. The highest BCUT2D eigenvalue weighted by molar-refractivity contribution is 5.93. The summed E-state index contributed by atoms with van der Waals surface area (Å²) in [5.74, 6) is -2.26. The van der Waals surface area contributed by atoms with Gasteiger partial charge in [-0.05, 0) is 18.6 Å². The number of para-hydroxylation sites is 1. The average Bonchev–Trinajstić information content (AvgIpc) is 2.76. The number of amides is 1. The number of benzene rings is 1. The van der Waals surface area contributed by atoms with Gasteiger partial charge in [0.2, 0.25) is 5.91 Å². The second kappa shape index (κ2) is 4.57. The van der Waals surface area contributed by atoms with Gasteiger partial charge in [-0.1, -0.05) is 6.07 Å². The minimum Gasteiger partial charge on any atom is -0.381 e. The van der Waals surface area contributed by atoms with Gasteiger partial charge < -0.3 is 10.1 Å². The molecule has 0 spiro atoms. The van der Waals surface area contributed by atoms with Gasteiger partial charge in [0.1, 0.15) is 17.3 Å². The third kappa shape index (κ3) is 2.19. The van der Waals surface area contributed by atoms with E-state index >= 15 is 0 Å². The van der Waals surface area contributed by atoms with E-state index in [0.29, 0.717) is 19.6 Å². The van der Waals surface area contributed by atoms with Gasteiger partial charge in [-0.25, -0.2) is 8.78 Å². The van der Waals surface area contributed by atoms with Crippen molar-refractivity contribution in [3.05, 3.63) is 29.8 Å². The van der Waals surface area contributed by atoms with Crippen molar-refractivity contribution in [2.75, 3.05) is 18.5 Å². The quantitative estimate of drug-likeness (QED) is 0.838. The first kappa shape index (κ1) is 11.0. The van der Waals surface area contributed by atoms with Crippen LogP contribution >= 0.6 is 0 Å². The molecular weight excluding hydrogens is 216 g/mol. The number of nitrogens with one attached hydrogen (secondary N) is 1. The van der Waals surface area contributed by atoms with E-state index in [2.05, 4.69) is 5.32 Å². The van der Waals surface area contributed by atoms with E-state index in [1.54, 1.807) is 0 Å². The monoisotopic (exact) mass is 227 g/mol. The Kier molecular flexibility index (Phi) is 3.14. The van der Waals surface area contributed by atoms with Crippen molar-refractivity contribution in [2.45, 2.75) is 6.42 Å². The summed E-state index contributed by atoms with van der Waals surface area (Å²) in [7, 11) is 0. The van der Waals surface area contributed by atoms with E-state index in [1.165, 1.54) is 6.07 Å². The predicted molar refractivity (Wildman–Crippen MR) is 53.9 cm³/mol.